The summed E-state index contributed by atoms with van der Waals surface area (Å²) in [6.45, 7) is 5.00. The molecule has 29 heavy (non-hydrogen) atoms. The van der Waals surface area contributed by atoms with Crippen molar-refractivity contribution in [2.75, 3.05) is 20.3 Å². The zero-order valence-electron chi connectivity index (χ0n) is 17.4. The third kappa shape index (κ3) is 4.85. The Bertz CT molecular complexity index is 869. The van der Waals surface area contributed by atoms with Crippen LogP contribution in [0.1, 0.15) is 42.6 Å². The van der Waals surface area contributed by atoms with Crippen molar-refractivity contribution in [3.05, 3.63) is 59.7 Å². The standard InChI is InChI=1S/C24H29NO4/c1-17(2)25-22(26)19-9-6-8-18(15-19)21-10-5-4-7-20(21)16-24(23(27)28-3)11-13-29-14-12-24/h4-10,15,17H,11-14,16H2,1-3H3,(H,25,26). The summed E-state index contributed by atoms with van der Waals surface area (Å²) >= 11 is 0. The largest absolute Gasteiger partial charge is 0.469 e. The second-order valence-corrected chi connectivity index (χ2v) is 7.93. The minimum Gasteiger partial charge on any atom is -0.469 e. The van der Waals surface area contributed by atoms with Crippen LogP contribution < -0.4 is 5.32 Å². The van der Waals surface area contributed by atoms with Crippen LogP contribution in [0, 0.1) is 5.41 Å². The molecule has 1 heterocycles. The van der Waals surface area contributed by atoms with Crippen LogP contribution >= 0.6 is 0 Å². The van der Waals surface area contributed by atoms with E-state index in [1.807, 2.05) is 56.3 Å². The summed E-state index contributed by atoms with van der Waals surface area (Å²) in [5.74, 6) is -0.268. The van der Waals surface area contributed by atoms with Crippen molar-refractivity contribution in [1.29, 1.82) is 0 Å². The van der Waals surface area contributed by atoms with E-state index in [2.05, 4.69) is 11.4 Å². The Kier molecular flexibility index (Phi) is 6.70. The molecule has 2 aromatic rings. The lowest BCUT2D eigenvalue weighted by Crippen LogP contribution is -2.40. The lowest BCUT2D eigenvalue weighted by molar-refractivity contribution is -0.158. The molecule has 0 spiro atoms. The first-order valence-corrected chi connectivity index (χ1v) is 10.1. The van der Waals surface area contributed by atoms with Crippen molar-refractivity contribution in [2.45, 2.75) is 39.2 Å². The molecule has 154 valence electrons. The average molecular weight is 395 g/mol. The van der Waals surface area contributed by atoms with Gasteiger partial charge in [0, 0.05) is 24.8 Å². The van der Waals surface area contributed by atoms with Crippen LogP contribution in [0.3, 0.4) is 0 Å². The molecule has 1 saturated heterocycles. The Morgan fingerprint density at radius 2 is 1.83 bits per heavy atom. The van der Waals surface area contributed by atoms with Gasteiger partial charge in [-0.1, -0.05) is 36.4 Å². The molecule has 1 aliphatic rings. The van der Waals surface area contributed by atoms with Gasteiger partial charge in [0.15, 0.2) is 0 Å². The van der Waals surface area contributed by atoms with Crippen LogP contribution in [-0.4, -0.2) is 38.2 Å². The minimum absolute atomic E-state index is 0.0758. The molecule has 1 amide bonds. The molecule has 0 saturated carbocycles. The van der Waals surface area contributed by atoms with Crippen molar-refractivity contribution in [1.82, 2.24) is 5.32 Å². The molecule has 1 fully saturated rings. The Balaban J connectivity index is 1.95. The molecule has 5 nitrogen and oxygen atoms in total. The Morgan fingerprint density at radius 3 is 2.52 bits per heavy atom. The molecule has 0 aromatic heterocycles. The fourth-order valence-corrected chi connectivity index (χ4v) is 3.93. The van der Waals surface area contributed by atoms with Crippen molar-refractivity contribution in [2.24, 2.45) is 5.41 Å². The summed E-state index contributed by atoms with van der Waals surface area (Å²) in [6, 6.07) is 15.8. The van der Waals surface area contributed by atoms with Gasteiger partial charge in [-0.15, -0.1) is 0 Å². The predicted molar refractivity (Wildman–Crippen MR) is 113 cm³/mol. The summed E-state index contributed by atoms with van der Waals surface area (Å²) < 4.78 is 10.6. The highest BCUT2D eigenvalue weighted by Crippen LogP contribution is 2.38. The molecular weight excluding hydrogens is 366 g/mol. The van der Waals surface area contributed by atoms with Gasteiger partial charge >= 0.3 is 5.97 Å². The van der Waals surface area contributed by atoms with E-state index in [4.69, 9.17) is 9.47 Å². The minimum atomic E-state index is -0.574. The van der Waals surface area contributed by atoms with E-state index in [0.29, 0.717) is 38.0 Å². The van der Waals surface area contributed by atoms with Gasteiger partial charge in [-0.3, -0.25) is 9.59 Å². The second-order valence-electron chi connectivity index (χ2n) is 7.93. The SMILES string of the molecule is COC(=O)C1(Cc2ccccc2-c2cccc(C(=O)NC(C)C)c2)CCOCC1. The molecule has 0 bridgehead atoms. The lowest BCUT2D eigenvalue weighted by atomic mass is 9.74. The molecule has 3 rings (SSSR count). The number of benzene rings is 2. The van der Waals surface area contributed by atoms with Crippen LogP contribution in [0.2, 0.25) is 0 Å². The molecule has 1 aliphatic heterocycles. The molecule has 0 radical (unpaired) electrons. The van der Waals surface area contributed by atoms with E-state index in [0.717, 1.165) is 16.7 Å². The van der Waals surface area contributed by atoms with Crippen molar-refractivity contribution < 1.29 is 19.1 Å². The van der Waals surface area contributed by atoms with Crippen LogP contribution in [-0.2, 0) is 20.7 Å². The van der Waals surface area contributed by atoms with Gasteiger partial charge in [-0.05, 0) is 61.9 Å². The molecule has 1 N–H and O–H groups in total. The van der Waals surface area contributed by atoms with E-state index < -0.39 is 5.41 Å². The Hall–Kier alpha value is -2.66. The molecule has 2 aromatic carbocycles. The van der Waals surface area contributed by atoms with Crippen LogP contribution in [0.4, 0.5) is 0 Å². The topological polar surface area (TPSA) is 64.6 Å². The van der Waals surface area contributed by atoms with E-state index in [9.17, 15) is 9.59 Å². The fraction of sp³-hybridized carbons (Fsp3) is 0.417. The fourth-order valence-electron chi connectivity index (χ4n) is 3.93. The van der Waals surface area contributed by atoms with Crippen molar-refractivity contribution in [3.8, 4) is 11.1 Å². The van der Waals surface area contributed by atoms with Gasteiger partial charge in [-0.2, -0.15) is 0 Å². The number of nitrogens with one attached hydrogen (secondary N) is 1. The van der Waals surface area contributed by atoms with Crippen molar-refractivity contribution in [3.63, 3.8) is 0 Å². The van der Waals surface area contributed by atoms with Gasteiger partial charge in [0.05, 0.1) is 12.5 Å². The van der Waals surface area contributed by atoms with E-state index in [1.165, 1.54) is 7.11 Å². The second kappa shape index (κ2) is 9.23. The highest BCUT2D eigenvalue weighted by atomic mass is 16.5. The Labute approximate surface area is 172 Å². The molecule has 0 unspecified atom stereocenters. The number of ether oxygens (including phenoxy) is 2. The zero-order valence-corrected chi connectivity index (χ0v) is 17.4. The van der Waals surface area contributed by atoms with Gasteiger partial charge < -0.3 is 14.8 Å². The summed E-state index contributed by atoms with van der Waals surface area (Å²) in [7, 11) is 1.45. The highest BCUT2D eigenvalue weighted by Gasteiger charge is 2.41. The summed E-state index contributed by atoms with van der Waals surface area (Å²) in [5, 5.41) is 2.93. The number of carbonyl (C=O) groups excluding carboxylic acids is 2. The quantitative estimate of drug-likeness (QED) is 0.751. The third-order valence-corrected chi connectivity index (χ3v) is 5.47. The van der Waals surface area contributed by atoms with Crippen molar-refractivity contribution >= 4 is 11.9 Å². The number of carbonyl (C=O) groups is 2. The number of hydrogen-bond donors (Lipinski definition) is 1. The van der Waals surface area contributed by atoms with Crippen LogP contribution in [0.15, 0.2) is 48.5 Å². The summed E-state index contributed by atoms with van der Waals surface area (Å²) in [6.07, 6.45) is 1.87. The maximum Gasteiger partial charge on any atom is 0.312 e. The normalized spacial score (nSPS) is 15.7. The number of rotatable bonds is 6. The first kappa shape index (κ1) is 21.1. The summed E-state index contributed by atoms with van der Waals surface area (Å²) in [4.78, 5) is 25.1. The van der Waals surface area contributed by atoms with Gasteiger partial charge in [0.1, 0.15) is 0 Å². The molecular formula is C24H29NO4. The first-order chi connectivity index (χ1) is 13.9. The van der Waals surface area contributed by atoms with Gasteiger partial charge in [0.2, 0.25) is 0 Å². The monoisotopic (exact) mass is 395 g/mol. The number of methoxy groups -OCH3 is 1. The van der Waals surface area contributed by atoms with E-state index >= 15 is 0 Å². The van der Waals surface area contributed by atoms with Gasteiger partial charge in [0.25, 0.3) is 5.91 Å². The summed E-state index contributed by atoms with van der Waals surface area (Å²) in [5.41, 5.74) is 3.11. The molecule has 5 heteroatoms. The van der Waals surface area contributed by atoms with Crippen LogP contribution in [0.5, 0.6) is 0 Å². The smallest absolute Gasteiger partial charge is 0.312 e. The number of amides is 1. The van der Waals surface area contributed by atoms with Crippen LogP contribution in [0.25, 0.3) is 11.1 Å². The number of esters is 1. The van der Waals surface area contributed by atoms with Gasteiger partial charge in [-0.25, -0.2) is 0 Å². The maximum absolute atomic E-state index is 12.7. The molecule has 0 atom stereocenters. The van der Waals surface area contributed by atoms with E-state index in [1.54, 1.807) is 0 Å². The predicted octanol–water partition coefficient (Wildman–Crippen LogP) is 4.00. The maximum atomic E-state index is 12.7. The average Bonchev–Trinajstić information content (AvgIpc) is 2.74. The van der Waals surface area contributed by atoms with E-state index in [-0.39, 0.29) is 17.9 Å². The third-order valence-electron chi connectivity index (χ3n) is 5.47. The number of hydrogen-bond acceptors (Lipinski definition) is 4. The highest BCUT2D eigenvalue weighted by molar-refractivity contribution is 5.95. The molecule has 0 aliphatic carbocycles. The Morgan fingerprint density at radius 1 is 1.10 bits per heavy atom. The zero-order chi connectivity index (χ0) is 20.9. The lowest BCUT2D eigenvalue weighted by Gasteiger charge is -2.35. The first-order valence-electron chi connectivity index (χ1n) is 10.1.